The van der Waals surface area contributed by atoms with Gasteiger partial charge in [0.15, 0.2) is 5.78 Å². The molecule has 1 aliphatic rings. The van der Waals surface area contributed by atoms with Crippen molar-refractivity contribution in [2.24, 2.45) is 5.73 Å². The number of carbonyl (C=O) groups excluding carboxylic acids is 3. The number of carbonyl (C=O) groups is 3. The molecule has 13 heteroatoms. The maximum Gasteiger partial charge on any atom is 0.276 e. The molecule has 2 aromatic carbocycles. The first-order valence-electron chi connectivity index (χ1n) is 18.4. The minimum Gasteiger partial charge on any atom is -0.366 e. The number of anilines is 1. The molecule has 0 saturated heterocycles. The number of imidazole rings is 2. The van der Waals surface area contributed by atoms with Crippen LogP contribution in [0.4, 0.5) is 5.95 Å². The number of hydrogen-bond acceptors (Lipinski definition) is 7. The third kappa shape index (κ3) is 6.62. The second kappa shape index (κ2) is 14.6. The topological polar surface area (TPSA) is 161 Å². The van der Waals surface area contributed by atoms with E-state index in [1.165, 1.54) is 0 Å². The maximum absolute atomic E-state index is 14.2. The molecule has 0 unspecified atom stereocenters. The highest BCUT2D eigenvalue weighted by Gasteiger charge is 2.25. The predicted octanol–water partition coefficient (Wildman–Crippen LogP) is 5.96. The lowest BCUT2D eigenvalue weighted by Crippen LogP contribution is -2.21. The number of aryl methyl sites for hydroxylation is 7. The lowest BCUT2D eigenvalue weighted by atomic mass is 10.0. The molecule has 52 heavy (non-hydrogen) atoms. The van der Waals surface area contributed by atoms with Gasteiger partial charge in [-0.2, -0.15) is 10.2 Å². The number of ketones is 1. The number of benzene rings is 2. The van der Waals surface area contributed by atoms with Gasteiger partial charge in [-0.15, -0.1) is 0 Å². The molecule has 1 aliphatic heterocycles. The number of hydrogen-bond donors (Lipinski definition) is 2. The number of amides is 2. The Morgan fingerprint density at radius 2 is 1.67 bits per heavy atom. The molecule has 0 saturated carbocycles. The van der Waals surface area contributed by atoms with Gasteiger partial charge in [0.2, 0.25) is 11.9 Å². The van der Waals surface area contributed by atoms with Gasteiger partial charge in [-0.05, 0) is 95.2 Å². The smallest absolute Gasteiger partial charge is 0.276 e. The maximum atomic E-state index is 14.2. The molecule has 0 atom stereocenters. The molecule has 4 aromatic heterocycles. The van der Waals surface area contributed by atoms with Crippen molar-refractivity contribution in [1.29, 1.82) is 0 Å². The number of nitrogens with one attached hydrogen (secondary N) is 1. The Labute approximate surface area is 302 Å². The van der Waals surface area contributed by atoms with E-state index in [2.05, 4.69) is 38.6 Å². The Kier molecular flexibility index (Phi) is 9.76. The Bertz CT molecular complexity index is 2320. The molecule has 0 spiro atoms. The first-order chi connectivity index (χ1) is 25.2. The molecule has 0 fully saturated rings. The molecule has 0 radical (unpaired) electrons. The first-order valence-corrected chi connectivity index (χ1v) is 18.4. The molecule has 0 aliphatic carbocycles. The summed E-state index contributed by atoms with van der Waals surface area (Å²) >= 11 is 0. The third-order valence-corrected chi connectivity index (χ3v) is 10.2. The van der Waals surface area contributed by atoms with Gasteiger partial charge in [0.25, 0.3) is 5.91 Å². The van der Waals surface area contributed by atoms with E-state index in [9.17, 15) is 14.4 Å². The van der Waals surface area contributed by atoms with E-state index in [0.717, 1.165) is 77.6 Å². The average Bonchev–Trinajstić information content (AvgIpc) is 3.87. The summed E-state index contributed by atoms with van der Waals surface area (Å²) in [4.78, 5) is 49.9. The summed E-state index contributed by atoms with van der Waals surface area (Å²) < 4.78 is 7.79. The lowest BCUT2D eigenvalue weighted by Gasteiger charge is -2.13. The lowest BCUT2D eigenvalue weighted by molar-refractivity contribution is 0.0975. The standard InChI is InChI=1S/C39H46N10O3/c1-5-26-13-12-15-31-35(26)42-39-43-38(52)36-28(25(4)45-48(36)6-2)14-8-7-9-20-49-32(21-24(3)44-49)33(50)23-34-41-29-22-27(37(40)51)16-17-30(29)46(34)18-10-11-19-47(31)39/h12-13,15-17,21-22H,5-11,14,18-20,23H2,1-4H3,(H2,40,51)(H,42,43,52). The SMILES string of the molecule is CCc1cccc2c1nc1n2CCCCn2c(nc3cc(C(N)=O)ccc32)CC(=O)c2cc(C)nn2CCCCCc2c(C)nn(CC)c2C(=O)N1. The molecule has 6 aromatic rings. The van der Waals surface area contributed by atoms with Gasteiger partial charge >= 0.3 is 0 Å². The minimum absolute atomic E-state index is 0.0590. The monoisotopic (exact) mass is 702 g/mol. The van der Waals surface area contributed by atoms with Crippen LogP contribution in [-0.4, -0.2) is 56.3 Å². The van der Waals surface area contributed by atoms with Gasteiger partial charge in [0.05, 0.1) is 39.9 Å². The fourth-order valence-corrected chi connectivity index (χ4v) is 7.55. The summed E-state index contributed by atoms with van der Waals surface area (Å²) in [5.74, 6) is 0.349. The quantitative estimate of drug-likeness (QED) is 0.230. The van der Waals surface area contributed by atoms with E-state index >= 15 is 0 Å². The normalized spacial score (nSPS) is 15.1. The molecular weight excluding hydrogens is 656 g/mol. The Morgan fingerprint density at radius 3 is 2.44 bits per heavy atom. The van der Waals surface area contributed by atoms with Gasteiger partial charge in [0, 0.05) is 37.3 Å². The highest BCUT2D eigenvalue weighted by Crippen LogP contribution is 2.27. The first kappa shape index (κ1) is 34.8. The number of para-hydroxylation sites is 1. The van der Waals surface area contributed by atoms with Crippen molar-refractivity contribution in [2.45, 2.75) is 105 Å². The van der Waals surface area contributed by atoms with Crippen molar-refractivity contribution in [3.05, 3.63) is 87.8 Å². The number of Topliss-reactive ketones (excluding diaryl/α,β-unsaturated/α-hetero) is 1. The molecular formula is C39H46N10O3. The van der Waals surface area contributed by atoms with Crippen LogP contribution in [0.2, 0.25) is 0 Å². The molecule has 7 rings (SSSR count). The van der Waals surface area contributed by atoms with Crippen molar-refractivity contribution in [2.75, 3.05) is 5.32 Å². The zero-order valence-corrected chi connectivity index (χ0v) is 30.4. The number of nitrogens with two attached hydrogens (primary N) is 1. The number of fused-ring (bicyclic) bond motifs is 8. The zero-order valence-electron chi connectivity index (χ0n) is 30.4. The van der Waals surface area contributed by atoms with Crippen molar-refractivity contribution in [3.63, 3.8) is 0 Å². The average molecular weight is 703 g/mol. The molecule has 13 nitrogen and oxygen atoms in total. The van der Waals surface area contributed by atoms with Crippen molar-refractivity contribution in [3.8, 4) is 0 Å². The zero-order chi connectivity index (χ0) is 36.5. The van der Waals surface area contributed by atoms with Crippen molar-refractivity contribution < 1.29 is 14.4 Å². The van der Waals surface area contributed by atoms with Gasteiger partial charge in [-0.1, -0.05) is 25.5 Å². The number of aromatic nitrogens is 8. The van der Waals surface area contributed by atoms with Crippen LogP contribution in [0.1, 0.15) is 106 Å². The van der Waals surface area contributed by atoms with Crippen LogP contribution in [0.5, 0.6) is 0 Å². The van der Waals surface area contributed by atoms with Crippen LogP contribution in [0.25, 0.3) is 22.1 Å². The van der Waals surface area contributed by atoms with Crippen LogP contribution in [0.15, 0.2) is 42.5 Å². The third-order valence-electron chi connectivity index (χ3n) is 10.2. The minimum atomic E-state index is -0.527. The summed E-state index contributed by atoms with van der Waals surface area (Å²) in [5, 5.41) is 12.6. The highest BCUT2D eigenvalue weighted by molar-refractivity contribution is 6.04. The highest BCUT2D eigenvalue weighted by atomic mass is 16.2. The Morgan fingerprint density at radius 1 is 0.885 bits per heavy atom. The molecule has 3 N–H and O–H groups in total. The van der Waals surface area contributed by atoms with E-state index < -0.39 is 5.91 Å². The largest absolute Gasteiger partial charge is 0.366 e. The molecule has 0 bridgehead atoms. The summed E-state index contributed by atoms with van der Waals surface area (Å²) in [5.41, 5.74) is 14.1. The fourth-order valence-electron chi connectivity index (χ4n) is 7.55. The summed E-state index contributed by atoms with van der Waals surface area (Å²) in [6, 6.07) is 13.3. The van der Waals surface area contributed by atoms with E-state index in [0.29, 0.717) is 66.8 Å². The van der Waals surface area contributed by atoms with E-state index in [-0.39, 0.29) is 18.1 Å². The van der Waals surface area contributed by atoms with Gasteiger partial charge in [0.1, 0.15) is 17.2 Å². The van der Waals surface area contributed by atoms with Crippen LogP contribution < -0.4 is 11.1 Å². The van der Waals surface area contributed by atoms with Crippen LogP contribution in [0.3, 0.4) is 0 Å². The number of nitrogens with zero attached hydrogens (tertiary/aromatic N) is 8. The van der Waals surface area contributed by atoms with Crippen LogP contribution in [0, 0.1) is 13.8 Å². The predicted molar refractivity (Wildman–Crippen MR) is 200 cm³/mol. The number of rotatable bonds is 3. The molecule has 270 valence electrons. The summed E-state index contributed by atoms with van der Waals surface area (Å²) in [7, 11) is 0. The summed E-state index contributed by atoms with van der Waals surface area (Å²) in [6.07, 6.45) is 5.71. The van der Waals surface area contributed by atoms with Crippen LogP contribution >= 0.6 is 0 Å². The fraction of sp³-hybridized carbons (Fsp3) is 0.410. The van der Waals surface area contributed by atoms with Gasteiger partial charge < -0.3 is 14.9 Å². The van der Waals surface area contributed by atoms with E-state index in [4.69, 9.17) is 20.8 Å². The molecule has 5 heterocycles. The van der Waals surface area contributed by atoms with Crippen molar-refractivity contribution >= 4 is 45.6 Å². The molecule has 2 amide bonds. The van der Waals surface area contributed by atoms with E-state index in [1.54, 1.807) is 16.8 Å². The van der Waals surface area contributed by atoms with Crippen LogP contribution in [-0.2, 0) is 45.4 Å². The second-order valence-electron chi connectivity index (χ2n) is 13.7. The van der Waals surface area contributed by atoms with E-state index in [1.807, 2.05) is 43.7 Å². The Balaban J connectivity index is 1.28. The number of primary amides is 1. The van der Waals surface area contributed by atoms with Crippen molar-refractivity contribution in [1.82, 2.24) is 38.7 Å². The van der Waals surface area contributed by atoms with Gasteiger partial charge in [-0.25, -0.2) is 9.97 Å². The Hall–Kier alpha value is -5.59. The second-order valence-corrected chi connectivity index (χ2v) is 13.7. The van der Waals surface area contributed by atoms with Gasteiger partial charge in [-0.3, -0.25) is 29.1 Å². The summed E-state index contributed by atoms with van der Waals surface area (Å²) in [6.45, 7) is 10.4.